The number of carbonyl (C=O) groups excluding carboxylic acids is 1. The molecule has 2 aliphatic rings. The minimum absolute atomic E-state index is 0.00454. The second-order valence-corrected chi connectivity index (χ2v) is 9.73. The van der Waals surface area contributed by atoms with Crippen LogP contribution in [0.5, 0.6) is 0 Å². The molecule has 1 aliphatic heterocycles. The lowest BCUT2D eigenvalue weighted by atomic mass is 9.73. The van der Waals surface area contributed by atoms with Gasteiger partial charge < -0.3 is 5.11 Å². The van der Waals surface area contributed by atoms with Gasteiger partial charge in [0.25, 0.3) is 0 Å². The van der Waals surface area contributed by atoms with Crippen LogP contribution in [0.25, 0.3) is 5.76 Å². The monoisotopic (exact) mass is 502 g/mol. The lowest BCUT2D eigenvalue weighted by Crippen LogP contribution is -2.42. The molecule has 0 amide bonds. The van der Waals surface area contributed by atoms with Gasteiger partial charge >= 0.3 is 0 Å². The molecule has 1 atom stereocenters. The van der Waals surface area contributed by atoms with Gasteiger partial charge in [-0.2, -0.15) is 0 Å². The fourth-order valence-electron chi connectivity index (χ4n) is 4.98. The fourth-order valence-corrected chi connectivity index (χ4v) is 5.41. The van der Waals surface area contributed by atoms with Crippen molar-refractivity contribution in [2.45, 2.75) is 32.1 Å². The summed E-state index contributed by atoms with van der Waals surface area (Å²) >= 11 is 13.0. The molecule has 176 valence electrons. The molecule has 0 aromatic heterocycles. The Labute approximate surface area is 214 Å². The summed E-state index contributed by atoms with van der Waals surface area (Å²) in [5, 5.41) is 22.0. The maximum absolute atomic E-state index is 13.5. The minimum Gasteiger partial charge on any atom is -0.507 e. The van der Waals surface area contributed by atoms with Gasteiger partial charge in [-0.25, -0.2) is 0 Å². The van der Waals surface area contributed by atoms with Crippen molar-refractivity contribution >= 4 is 46.3 Å². The molecule has 5 rings (SSSR count). The molecule has 1 unspecified atom stereocenters. The number of ketones is 1. The molecule has 0 radical (unpaired) electrons. The summed E-state index contributed by atoms with van der Waals surface area (Å²) in [6.07, 6.45) is 1.74. The molecule has 0 fully saturated rings. The van der Waals surface area contributed by atoms with Crippen LogP contribution in [-0.2, 0) is 4.79 Å². The third-order valence-corrected chi connectivity index (χ3v) is 7.20. The van der Waals surface area contributed by atoms with Crippen LogP contribution in [-0.4, -0.2) is 16.7 Å². The molecule has 0 spiro atoms. The Kier molecular flexibility index (Phi) is 6.26. The van der Waals surface area contributed by atoms with E-state index in [0.717, 1.165) is 11.3 Å². The van der Waals surface area contributed by atoms with E-state index in [0.29, 0.717) is 57.3 Å². The van der Waals surface area contributed by atoms with Gasteiger partial charge in [-0.1, -0.05) is 77.3 Å². The molecular weight excluding hydrogens is 479 g/mol. The van der Waals surface area contributed by atoms with Crippen molar-refractivity contribution in [3.05, 3.63) is 116 Å². The number of aliphatic hydroxyl groups is 1. The zero-order valence-electron chi connectivity index (χ0n) is 19.2. The van der Waals surface area contributed by atoms with E-state index in [9.17, 15) is 15.3 Å². The summed E-state index contributed by atoms with van der Waals surface area (Å²) in [6.45, 7) is 1.97. The SMILES string of the molecule is Cc1ccc(/C(O)=C2\C(=N)N(c3cccc(Cl)c3)C3=C(C(=O)CCC3)C2c2ccccc2Cl)cc1. The van der Waals surface area contributed by atoms with Crippen LogP contribution in [0.1, 0.15) is 41.9 Å². The second-order valence-electron chi connectivity index (χ2n) is 8.88. The van der Waals surface area contributed by atoms with E-state index < -0.39 is 5.92 Å². The molecule has 1 aliphatic carbocycles. The molecule has 4 nitrogen and oxygen atoms in total. The second kappa shape index (κ2) is 9.37. The van der Waals surface area contributed by atoms with Gasteiger partial charge in [0, 0.05) is 50.5 Å². The van der Waals surface area contributed by atoms with Crippen molar-refractivity contribution in [1.29, 1.82) is 5.41 Å². The summed E-state index contributed by atoms with van der Waals surface area (Å²) < 4.78 is 0. The largest absolute Gasteiger partial charge is 0.507 e. The number of hydrogen-bond donors (Lipinski definition) is 2. The number of allylic oxidation sites excluding steroid dienone is 2. The van der Waals surface area contributed by atoms with E-state index in [1.165, 1.54) is 0 Å². The quantitative estimate of drug-likeness (QED) is 0.358. The number of aryl methyl sites for hydroxylation is 1. The maximum Gasteiger partial charge on any atom is 0.161 e. The lowest BCUT2D eigenvalue weighted by Gasteiger charge is -2.42. The van der Waals surface area contributed by atoms with Gasteiger partial charge in [-0.3, -0.25) is 15.1 Å². The minimum atomic E-state index is -0.657. The van der Waals surface area contributed by atoms with Crippen molar-refractivity contribution in [3.63, 3.8) is 0 Å². The van der Waals surface area contributed by atoms with Crippen molar-refractivity contribution in [2.24, 2.45) is 0 Å². The predicted octanol–water partition coefficient (Wildman–Crippen LogP) is 7.86. The summed E-state index contributed by atoms with van der Waals surface area (Å²) in [5.74, 6) is -0.596. The predicted molar refractivity (Wildman–Crippen MR) is 142 cm³/mol. The maximum atomic E-state index is 13.5. The Morgan fingerprint density at radius 1 is 1.00 bits per heavy atom. The van der Waals surface area contributed by atoms with Crippen LogP contribution in [0.2, 0.25) is 10.0 Å². The van der Waals surface area contributed by atoms with Crippen LogP contribution < -0.4 is 4.90 Å². The third-order valence-electron chi connectivity index (χ3n) is 6.62. The molecule has 0 saturated heterocycles. The van der Waals surface area contributed by atoms with Crippen LogP contribution >= 0.6 is 23.2 Å². The average Bonchev–Trinajstić information content (AvgIpc) is 2.84. The van der Waals surface area contributed by atoms with Gasteiger partial charge in [0.05, 0.1) is 0 Å². The average molecular weight is 503 g/mol. The number of nitrogens with zero attached hydrogens (tertiary/aromatic N) is 1. The zero-order valence-corrected chi connectivity index (χ0v) is 20.7. The first-order chi connectivity index (χ1) is 16.9. The fraction of sp³-hybridized carbons (Fsp3) is 0.172. The highest BCUT2D eigenvalue weighted by Crippen LogP contribution is 2.49. The van der Waals surface area contributed by atoms with Gasteiger partial charge in [-0.15, -0.1) is 0 Å². The Morgan fingerprint density at radius 3 is 2.46 bits per heavy atom. The van der Waals surface area contributed by atoms with Crippen LogP contribution in [0.4, 0.5) is 5.69 Å². The molecule has 35 heavy (non-hydrogen) atoms. The van der Waals surface area contributed by atoms with E-state index >= 15 is 0 Å². The molecule has 0 saturated carbocycles. The number of aliphatic hydroxyl groups excluding tert-OH is 1. The summed E-state index contributed by atoms with van der Waals surface area (Å²) in [6, 6.07) is 22.0. The molecule has 3 aromatic carbocycles. The van der Waals surface area contributed by atoms with Crippen molar-refractivity contribution in [2.75, 3.05) is 4.90 Å². The van der Waals surface area contributed by atoms with E-state index in [1.54, 1.807) is 23.1 Å². The molecule has 6 heteroatoms. The molecule has 3 aromatic rings. The highest BCUT2D eigenvalue weighted by Gasteiger charge is 2.43. The number of Topliss-reactive ketones (excluding diaryl/α,β-unsaturated/α-hetero) is 1. The first-order valence-corrected chi connectivity index (χ1v) is 12.3. The third kappa shape index (κ3) is 4.18. The molecule has 2 N–H and O–H groups in total. The topological polar surface area (TPSA) is 64.4 Å². The number of rotatable bonds is 3. The van der Waals surface area contributed by atoms with E-state index in [1.807, 2.05) is 61.5 Å². The number of nitrogens with one attached hydrogen (secondary N) is 1. The number of amidine groups is 1. The summed E-state index contributed by atoms with van der Waals surface area (Å²) in [4.78, 5) is 15.3. The van der Waals surface area contributed by atoms with E-state index in [-0.39, 0.29) is 17.4 Å². The highest BCUT2D eigenvalue weighted by atomic mass is 35.5. The summed E-state index contributed by atoms with van der Waals surface area (Å²) in [7, 11) is 0. The van der Waals surface area contributed by atoms with E-state index in [4.69, 9.17) is 23.2 Å². The molecule has 1 heterocycles. The number of benzene rings is 3. The van der Waals surface area contributed by atoms with E-state index in [2.05, 4.69) is 0 Å². The van der Waals surface area contributed by atoms with Crippen LogP contribution in [0.3, 0.4) is 0 Å². The van der Waals surface area contributed by atoms with Crippen molar-refractivity contribution < 1.29 is 9.90 Å². The molecular formula is C29H24Cl2N2O2. The van der Waals surface area contributed by atoms with Gasteiger partial charge in [0.15, 0.2) is 5.78 Å². The lowest BCUT2D eigenvalue weighted by molar-refractivity contribution is -0.116. The number of anilines is 1. The smallest absolute Gasteiger partial charge is 0.161 e. The van der Waals surface area contributed by atoms with Crippen LogP contribution in [0, 0.1) is 12.3 Å². The van der Waals surface area contributed by atoms with Crippen LogP contribution in [0.15, 0.2) is 89.6 Å². The Bertz CT molecular complexity index is 1410. The van der Waals surface area contributed by atoms with Crippen molar-refractivity contribution in [1.82, 2.24) is 0 Å². The Hall–Kier alpha value is -3.34. The van der Waals surface area contributed by atoms with Gasteiger partial charge in [-0.05, 0) is 49.6 Å². The summed E-state index contributed by atoms with van der Waals surface area (Å²) in [5.41, 5.74) is 4.69. The molecule has 0 bridgehead atoms. The Morgan fingerprint density at radius 2 is 1.74 bits per heavy atom. The number of hydrogen-bond acceptors (Lipinski definition) is 3. The van der Waals surface area contributed by atoms with Gasteiger partial charge in [0.2, 0.25) is 0 Å². The first kappa shape index (κ1) is 23.4. The zero-order chi connectivity index (χ0) is 24.7. The first-order valence-electron chi connectivity index (χ1n) is 11.5. The van der Waals surface area contributed by atoms with Crippen molar-refractivity contribution in [3.8, 4) is 0 Å². The number of carbonyl (C=O) groups is 1. The Balaban J connectivity index is 1.85. The highest BCUT2D eigenvalue weighted by molar-refractivity contribution is 6.32. The van der Waals surface area contributed by atoms with Gasteiger partial charge in [0.1, 0.15) is 11.6 Å². The standard InChI is InChI=1S/C29H24Cl2N2O2/c1-17-12-14-18(15-13-17)28(35)27-25(21-8-2-3-9-22(21)31)26-23(10-5-11-24(26)34)33(29(27)32)20-7-4-6-19(30)16-20/h2-4,6-9,12-16,25,32,35H,5,10-11H2,1H3/b28-27+,32-29?. The normalized spacial score (nSPS) is 19.6. The number of halogens is 2.